The van der Waals surface area contributed by atoms with E-state index in [1.807, 2.05) is 59.3 Å². The Balaban J connectivity index is 1.61. The molecule has 2 nitrogen and oxygen atoms in total. The molecular weight excluding hydrogens is 356 g/mol. The molecule has 0 amide bonds. The van der Waals surface area contributed by atoms with E-state index in [-0.39, 0.29) is 0 Å². The van der Waals surface area contributed by atoms with Gasteiger partial charge in [0.05, 0.1) is 16.1 Å². The molecular formula is C22H14N2S2. The first-order valence-corrected chi connectivity index (χ1v) is 9.86. The molecule has 4 heteroatoms. The molecule has 0 aliphatic rings. The zero-order valence-corrected chi connectivity index (χ0v) is 15.4. The van der Waals surface area contributed by atoms with Crippen LogP contribution in [0.1, 0.15) is 10.6 Å². The lowest BCUT2D eigenvalue weighted by atomic mass is 10.0. The number of thiophene rings is 1. The molecule has 0 saturated carbocycles. The second-order valence-corrected chi connectivity index (χ2v) is 7.48. The summed E-state index contributed by atoms with van der Waals surface area (Å²) in [6.45, 7) is 0. The maximum Gasteiger partial charge on any atom is 0.134 e. The van der Waals surface area contributed by atoms with E-state index in [4.69, 9.17) is 0 Å². The number of hydrogen-bond donors (Lipinski definition) is 0. The summed E-state index contributed by atoms with van der Waals surface area (Å²) in [6, 6.07) is 24.8. The predicted octanol–water partition coefficient (Wildman–Crippen LogP) is 6.60. The van der Waals surface area contributed by atoms with Crippen molar-refractivity contribution in [2.24, 2.45) is 0 Å². The Bertz CT molecular complexity index is 1070. The minimum Gasteiger partial charge on any atom is -0.234 e. The van der Waals surface area contributed by atoms with Crippen LogP contribution in [0.15, 0.2) is 77.5 Å². The second-order valence-electron chi connectivity index (χ2n) is 5.67. The molecule has 0 fully saturated rings. The number of benzene rings is 2. The number of nitrogens with zero attached hydrogens (tertiary/aromatic N) is 2. The van der Waals surface area contributed by atoms with E-state index in [1.54, 1.807) is 11.3 Å². The first kappa shape index (κ1) is 16.5. The lowest BCUT2D eigenvalue weighted by Crippen LogP contribution is -1.82. The van der Waals surface area contributed by atoms with Crippen LogP contribution < -0.4 is 0 Å². The molecule has 0 unspecified atom stereocenters. The quantitative estimate of drug-likeness (QED) is 0.379. The highest BCUT2D eigenvalue weighted by molar-refractivity contribution is 7.14. The van der Waals surface area contributed by atoms with Gasteiger partial charge in [0.15, 0.2) is 0 Å². The van der Waals surface area contributed by atoms with Crippen LogP contribution in [-0.4, -0.2) is 4.98 Å². The van der Waals surface area contributed by atoms with Crippen LogP contribution in [0.5, 0.6) is 0 Å². The molecule has 0 aliphatic heterocycles. The highest BCUT2D eigenvalue weighted by Crippen LogP contribution is 2.30. The molecule has 0 aliphatic carbocycles. The van der Waals surface area contributed by atoms with E-state index in [0.29, 0.717) is 5.57 Å². The van der Waals surface area contributed by atoms with Crippen LogP contribution in [-0.2, 0) is 0 Å². The lowest BCUT2D eigenvalue weighted by molar-refractivity contribution is 1.38. The number of thiazole rings is 1. The maximum absolute atomic E-state index is 9.56. The van der Waals surface area contributed by atoms with Crippen molar-refractivity contribution in [3.05, 3.63) is 88.1 Å². The summed E-state index contributed by atoms with van der Waals surface area (Å²) in [5, 5.41) is 14.4. The van der Waals surface area contributed by atoms with Gasteiger partial charge in [0.1, 0.15) is 11.1 Å². The van der Waals surface area contributed by atoms with Gasteiger partial charge >= 0.3 is 0 Å². The maximum atomic E-state index is 9.56. The van der Waals surface area contributed by atoms with Gasteiger partial charge in [-0.3, -0.25) is 0 Å². The molecule has 4 aromatic rings. The van der Waals surface area contributed by atoms with Crippen molar-refractivity contribution in [1.29, 1.82) is 5.26 Å². The fourth-order valence-electron chi connectivity index (χ4n) is 2.65. The summed E-state index contributed by atoms with van der Waals surface area (Å²) in [5.74, 6) is 0. The van der Waals surface area contributed by atoms with Gasteiger partial charge in [0.25, 0.3) is 0 Å². The van der Waals surface area contributed by atoms with E-state index in [0.717, 1.165) is 26.7 Å². The number of allylic oxidation sites excluding steroid dienone is 1. The molecule has 124 valence electrons. The summed E-state index contributed by atoms with van der Waals surface area (Å²) in [7, 11) is 0. The molecule has 0 bridgehead atoms. The molecule has 0 radical (unpaired) electrons. The van der Waals surface area contributed by atoms with Crippen LogP contribution in [0.2, 0.25) is 0 Å². The van der Waals surface area contributed by atoms with Crippen molar-refractivity contribution in [1.82, 2.24) is 4.98 Å². The van der Waals surface area contributed by atoms with Crippen molar-refractivity contribution in [3.8, 4) is 27.8 Å². The Morgan fingerprint density at radius 1 is 0.885 bits per heavy atom. The van der Waals surface area contributed by atoms with Gasteiger partial charge in [-0.1, -0.05) is 60.7 Å². The first-order valence-electron chi connectivity index (χ1n) is 8.10. The van der Waals surface area contributed by atoms with Gasteiger partial charge in [0.2, 0.25) is 0 Å². The van der Waals surface area contributed by atoms with Crippen molar-refractivity contribution >= 4 is 34.3 Å². The Hall–Kier alpha value is -3.00. The lowest BCUT2D eigenvalue weighted by Gasteiger charge is -2.02. The zero-order valence-electron chi connectivity index (χ0n) is 13.8. The standard InChI is InChI=1S/C22H14N2S2/c23-14-19(22-24-20(15-26-22)21-7-4-12-25-21)13-16-8-10-18(11-9-16)17-5-2-1-3-6-17/h1-13,15H/b19-13-. The van der Waals surface area contributed by atoms with Crippen molar-refractivity contribution in [2.45, 2.75) is 0 Å². The first-order chi connectivity index (χ1) is 12.8. The zero-order chi connectivity index (χ0) is 17.8. The molecule has 2 aromatic heterocycles. The van der Waals surface area contributed by atoms with Gasteiger partial charge in [-0.05, 0) is 34.2 Å². The van der Waals surface area contributed by atoms with Gasteiger partial charge in [-0.2, -0.15) is 5.26 Å². The third-order valence-electron chi connectivity index (χ3n) is 3.96. The van der Waals surface area contributed by atoms with E-state index in [2.05, 4.69) is 35.3 Å². The third kappa shape index (κ3) is 3.50. The van der Waals surface area contributed by atoms with E-state index < -0.39 is 0 Å². The number of hydrogen-bond acceptors (Lipinski definition) is 4. The Labute approximate surface area is 160 Å². The van der Waals surface area contributed by atoms with Crippen LogP contribution in [0.25, 0.3) is 33.3 Å². The van der Waals surface area contributed by atoms with Gasteiger partial charge in [0, 0.05) is 5.38 Å². The van der Waals surface area contributed by atoms with Crippen LogP contribution >= 0.6 is 22.7 Å². The Morgan fingerprint density at radius 2 is 1.65 bits per heavy atom. The average molecular weight is 371 g/mol. The summed E-state index contributed by atoms with van der Waals surface area (Å²) in [4.78, 5) is 5.75. The van der Waals surface area contributed by atoms with E-state index >= 15 is 0 Å². The third-order valence-corrected chi connectivity index (χ3v) is 5.73. The minimum atomic E-state index is 0.588. The summed E-state index contributed by atoms with van der Waals surface area (Å²) in [5.41, 5.74) is 4.86. The average Bonchev–Trinajstić information content (AvgIpc) is 3.39. The topological polar surface area (TPSA) is 36.7 Å². The minimum absolute atomic E-state index is 0.588. The molecule has 4 rings (SSSR count). The second kappa shape index (κ2) is 7.49. The van der Waals surface area contributed by atoms with Gasteiger partial charge in [-0.15, -0.1) is 22.7 Å². The summed E-state index contributed by atoms with van der Waals surface area (Å²) in [6.07, 6.45) is 1.89. The number of aromatic nitrogens is 1. The Kier molecular flexibility index (Phi) is 4.74. The fraction of sp³-hybridized carbons (Fsp3) is 0. The number of rotatable bonds is 4. The van der Waals surface area contributed by atoms with E-state index in [9.17, 15) is 5.26 Å². The van der Waals surface area contributed by atoms with Gasteiger partial charge < -0.3 is 0 Å². The van der Waals surface area contributed by atoms with Gasteiger partial charge in [-0.25, -0.2) is 4.98 Å². The molecule has 2 heterocycles. The predicted molar refractivity (Wildman–Crippen MR) is 111 cm³/mol. The van der Waals surface area contributed by atoms with Crippen molar-refractivity contribution < 1.29 is 0 Å². The molecule has 0 saturated heterocycles. The normalized spacial score (nSPS) is 11.3. The Morgan fingerprint density at radius 3 is 2.35 bits per heavy atom. The van der Waals surface area contributed by atoms with Crippen LogP contribution in [0, 0.1) is 11.3 Å². The van der Waals surface area contributed by atoms with Crippen LogP contribution in [0.4, 0.5) is 0 Å². The fourth-order valence-corrected chi connectivity index (χ4v) is 4.19. The van der Waals surface area contributed by atoms with E-state index in [1.165, 1.54) is 16.9 Å². The highest BCUT2D eigenvalue weighted by Gasteiger charge is 2.09. The smallest absolute Gasteiger partial charge is 0.134 e. The summed E-state index contributed by atoms with van der Waals surface area (Å²) >= 11 is 3.16. The number of nitriles is 1. The van der Waals surface area contributed by atoms with Crippen molar-refractivity contribution in [3.63, 3.8) is 0 Å². The molecule has 0 atom stereocenters. The largest absolute Gasteiger partial charge is 0.234 e. The molecule has 0 N–H and O–H groups in total. The summed E-state index contributed by atoms with van der Waals surface area (Å²) < 4.78 is 0. The molecule has 2 aromatic carbocycles. The SMILES string of the molecule is N#C/C(=C/c1ccc(-c2ccccc2)cc1)c1nc(-c2cccs2)cs1. The molecule has 26 heavy (non-hydrogen) atoms. The monoisotopic (exact) mass is 370 g/mol. The highest BCUT2D eigenvalue weighted by atomic mass is 32.1. The molecule has 0 spiro atoms. The van der Waals surface area contributed by atoms with Crippen molar-refractivity contribution in [2.75, 3.05) is 0 Å². The van der Waals surface area contributed by atoms with Crippen LogP contribution in [0.3, 0.4) is 0 Å².